The second-order valence-electron chi connectivity index (χ2n) is 4.59. The molecule has 1 atom stereocenters. The fourth-order valence-corrected chi connectivity index (χ4v) is 2.22. The number of urea groups is 1. The zero-order chi connectivity index (χ0) is 15.6. The summed E-state index contributed by atoms with van der Waals surface area (Å²) in [4.78, 5) is 36.0. The lowest BCUT2D eigenvalue weighted by molar-refractivity contribution is -0.126. The Hall–Kier alpha value is -2.28. The van der Waals surface area contributed by atoms with Crippen molar-refractivity contribution in [3.63, 3.8) is 0 Å². The lowest BCUT2D eigenvalue weighted by Crippen LogP contribution is -2.56. The van der Waals surface area contributed by atoms with E-state index in [4.69, 9.17) is 16.7 Å². The zero-order valence-corrected chi connectivity index (χ0v) is 12.0. The van der Waals surface area contributed by atoms with Crippen LogP contribution in [0, 0.1) is 0 Å². The standard InChI is InChI=1S/C13H14ClN3O4/c1-7-11(18)15-4-5-17(7)13(21)16-8-2-3-10(14)9(6-8)12(19)20/h2-3,6-7H,4-5H2,1H3,(H,15,18)(H,16,21)(H,19,20). The predicted molar refractivity (Wildman–Crippen MR) is 76.6 cm³/mol. The van der Waals surface area contributed by atoms with Gasteiger partial charge in [-0.05, 0) is 25.1 Å². The van der Waals surface area contributed by atoms with Crippen LogP contribution in [0.5, 0.6) is 0 Å². The Labute approximate surface area is 125 Å². The molecule has 3 N–H and O–H groups in total. The molecule has 21 heavy (non-hydrogen) atoms. The van der Waals surface area contributed by atoms with Crippen LogP contribution in [0.25, 0.3) is 0 Å². The van der Waals surface area contributed by atoms with E-state index >= 15 is 0 Å². The molecule has 0 spiro atoms. The molecular formula is C13H14ClN3O4. The van der Waals surface area contributed by atoms with E-state index in [0.29, 0.717) is 18.8 Å². The maximum Gasteiger partial charge on any atom is 0.337 e. The van der Waals surface area contributed by atoms with Crippen LogP contribution in [-0.2, 0) is 4.79 Å². The summed E-state index contributed by atoms with van der Waals surface area (Å²) in [5.41, 5.74) is 0.207. The molecule has 1 aliphatic rings. The number of anilines is 1. The summed E-state index contributed by atoms with van der Waals surface area (Å²) in [7, 11) is 0. The van der Waals surface area contributed by atoms with E-state index in [1.807, 2.05) is 0 Å². The maximum absolute atomic E-state index is 12.1. The molecule has 1 heterocycles. The Morgan fingerprint density at radius 2 is 2.19 bits per heavy atom. The van der Waals surface area contributed by atoms with Gasteiger partial charge in [-0.3, -0.25) is 4.79 Å². The quantitative estimate of drug-likeness (QED) is 0.768. The molecule has 112 valence electrons. The number of carbonyl (C=O) groups excluding carboxylic acids is 2. The van der Waals surface area contributed by atoms with E-state index in [9.17, 15) is 14.4 Å². The van der Waals surface area contributed by atoms with Gasteiger partial charge >= 0.3 is 12.0 Å². The van der Waals surface area contributed by atoms with Gasteiger partial charge in [-0.1, -0.05) is 11.6 Å². The van der Waals surface area contributed by atoms with Gasteiger partial charge < -0.3 is 20.6 Å². The number of carboxylic acid groups (broad SMARTS) is 1. The second-order valence-corrected chi connectivity index (χ2v) is 5.00. The van der Waals surface area contributed by atoms with Gasteiger partial charge in [-0.25, -0.2) is 9.59 Å². The third kappa shape index (κ3) is 3.25. The molecule has 0 saturated carbocycles. The summed E-state index contributed by atoms with van der Waals surface area (Å²) in [6, 6.07) is 3.13. The number of carbonyl (C=O) groups is 3. The third-order valence-electron chi connectivity index (χ3n) is 3.21. The average molecular weight is 312 g/mol. The van der Waals surface area contributed by atoms with Crippen molar-refractivity contribution < 1.29 is 19.5 Å². The first-order chi connectivity index (χ1) is 9.90. The van der Waals surface area contributed by atoms with Crippen LogP contribution in [0.2, 0.25) is 5.02 Å². The Balaban J connectivity index is 2.14. The van der Waals surface area contributed by atoms with Crippen LogP contribution >= 0.6 is 11.6 Å². The molecule has 0 radical (unpaired) electrons. The summed E-state index contributed by atoms with van der Waals surface area (Å²) < 4.78 is 0. The van der Waals surface area contributed by atoms with Gasteiger partial charge in [0.1, 0.15) is 6.04 Å². The van der Waals surface area contributed by atoms with Gasteiger partial charge in [-0.15, -0.1) is 0 Å². The number of nitrogens with one attached hydrogen (secondary N) is 2. The first-order valence-electron chi connectivity index (χ1n) is 6.28. The molecule has 1 aromatic carbocycles. The Kier molecular flexibility index (Phi) is 4.32. The van der Waals surface area contributed by atoms with Gasteiger partial charge in [0.2, 0.25) is 5.91 Å². The van der Waals surface area contributed by atoms with Crippen molar-refractivity contribution in [2.45, 2.75) is 13.0 Å². The van der Waals surface area contributed by atoms with Crippen LogP contribution in [0.1, 0.15) is 17.3 Å². The molecule has 1 saturated heterocycles. The number of nitrogens with zero attached hydrogens (tertiary/aromatic N) is 1. The number of halogens is 1. The number of benzene rings is 1. The molecule has 1 unspecified atom stereocenters. The molecule has 1 aliphatic heterocycles. The fraction of sp³-hybridized carbons (Fsp3) is 0.308. The van der Waals surface area contributed by atoms with Crippen LogP contribution < -0.4 is 10.6 Å². The number of hydrogen-bond acceptors (Lipinski definition) is 3. The van der Waals surface area contributed by atoms with E-state index < -0.39 is 18.0 Å². The van der Waals surface area contributed by atoms with Crippen molar-refractivity contribution in [2.24, 2.45) is 0 Å². The topological polar surface area (TPSA) is 98.7 Å². The Morgan fingerprint density at radius 1 is 1.48 bits per heavy atom. The molecule has 7 nitrogen and oxygen atoms in total. The smallest absolute Gasteiger partial charge is 0.337 e. The van der Waals surface area contributed by atoms with E-state index in [1.54, 1.807) is 6.92 Å². The van der Waals surface area contributed by atoms with Gasteiger partial charge in [0, 0.05) is 18.8 Å². The Bertz CT molecular complexity index is 605. The number of amides is 3. The zero-order valence-electron chi connectivity index (χ0n) is 11.2. The molecule has 3 amide bonds. The molecule has 2 rings (SSSR count). The van der Waals surface area contributed by atoms with Gasteiger partial charge in [0.05, 0.1) is 10.6 Å². The third-order valence-corrected chi connectivity index (χ3v) is 3.54. The molecule has 8 heteroatoms. The normalized spacial score (nSPS) is 18.1. The highest BCUT2D eigenvalue weighted by Crippen LogP contribution is 2.21. The van der Waals surface area contributed by atoms with Crippen molar-refractivity contribution in [3.05, 3.63) is 28.8 Å². The SMILES string of the molecule is CC1C(=O)NCCN1C(=O)Nc1ccc(Cl)c(C(=O)O)c1. The molecule has 0 aromatic heterocycles. The van der Waals surface area contributed by atoms with Crippen LogP contribution in [0.4, 0.5) is 10.5 Å². The minimum absolute atomic E-state index is 0.0891. The largest absolute Gasteiger partial charge is 0.478 e. The van der Waals surface area contributed by atoms with Crippen LogP contribution in [0.15, 0.2) is 18.2 Å². The van der Waals surface area contributed by atoms with E-state index in [-0.39, 0.29) is 16.5 Å². The number of rotatable bonds is 2. The molecule has 0 bridgehead atoms. The average Bonchev–Trinajstić information content (AvgIpc) is 2.43. The number of hydrogen-bond donors (Lipinski definition) is 3. The van der Waals surface area contributed by atoms with Crippen LogP contribution in [-0.4, -0.2) is 47.0 Å². The monoisotopic (exact) mass is 311 g/mol. The fourth-order valence-electron chi connectivity index (χ4n) is 2.02. The minimum Gasteiger partial charge on any atom is -0.478 e. The minimum atomic E-state index is -1.18. The van der Waals surface area contributed by atoms with Gasteiger partial charge in [0.25, 0.3) is 0 Å². The predicted octanol–water partition coefficient (Wildman–Crippen LogP) is 1.39. The lowest BCUT2D eigenvalue weighted by atomic mass is 10.2. The maximum atomic E-state index is 12.1. The number of aromatic carboxylic acids is 1. The molecule has 1 aromatic rings. The first kappa shape index (κ1) is 15.1. The van der Waals surface area contributed by atoms with Crippen molar-refractivity contribution in [3.8, 4) is 0 Å². The summed E-state index contributed by atoms with van der Waals surface area (Å²) in [5, 5.41) is 14.3. The first-order valence-corrected chi connectivity index (χ1v) is 6.66. The highest BCUT2D eigenvalue weighted by molar-refractivity contribution is 6.33. The van der Waals surface area contributed by atoms with Crippen molar-refractivity contribution >= 4 is 35.2 Å². The van der Waals surface area contributed by atoms with E-state index in [1.165, 1.54) is 23.1 Å². The van der Waals surface area contributed by atoms with Crippen molar-refractivity contribution in [2.75, 3.05) is 18.4 Å². The highest BCUT2D eigenvalue weighted by Gasteiger charge is 2.29. The molecule has 1 fully saturated rings. The van der Waals surface area contributed by atoms with E-state index in [0.717, 1.165) is 0 Å². The van der Waals surface area contributed by atoms with E-state index in [2.05, 4.69) is 10.6 Å². The number of piperazine rings is 1. The van der Waals surface area contributed by atoms with Gasteiger partial charge in [-0.2, -0.15) is 0 Å². The summed E-state index contributed by atoms with van der Waals surface area (Å²) in [6.07, 6.45) is 0. The van der Waals surface area contributed by atoms with Gasteiger partial charge in [0.15, 0.2) is 0 Å². The number of carboxylic acids is 1. The van der Waals surface area contributed by atoms with Crippen molar-refractivity contribution in [1.82, 2.24) is 10.2 Å². The Morgan fingerprint density at radius 3 is 2.86 bits per heavy atom. The van der Waals surface area contributed by atoms with Crippen molar-refractivity contribution in [1.29, 1.82) is 0 Å². The summed E-state index contributed by atoms with van der Waals surface area (Å²) >= 11 is 5.76. The van der Waals surface area contributed by atoms with Crippen LogP contribution in [0.3, 0.4) is 0 Å². The lowest BCUT2D eigenvalue weighted by Gasteiger charge is -2.32. The molecular weight excluding hydrogens is 298 g/mol. The second kappa shape index (κ2) is 6.01. The highest BCUT2D eigenvalue weighted by atomic mass is 35.5. The summed E-state index contributed by atoms with van der Waals surface area (Å²) in [5.74, 6) is -1.40. The molecule has 0 aliphatic carbocycles. The summed E-state index contributed by atoms with van der Waals surface area (Å²) in [6.45, 7) is 2.40.